The van der Waals surface area contributed by atoms with E-state index in [0.29, 0.717) is 42.3 Å². The Hall–Kier alpha value is -2.41. The molecule has 0 saturated carbocycles. The molecule has 32 heavy (non-hydrogen) atoms. The molecule has 1 unspecified atom stereocenters. The van der Waals surface area contributed by atoms with E-state index in [0.717, 1.165) is 29.8 Å². The maximum Gasteiger partial charge on any atom is 0.311 e. The molecule has 172 valence electrons. The average Bonchev–Trinajstić information content (AvgIpc) is 3.48. The first-order valence-corrected chi connectivity index (χ1v) is 12.2. The number of esters is 1. The number of carbonyl (C=O) groups is 3. The highest BCUT2D eigenvalue weighted by Gasteiger charge is 2.27. The van der Waals surface area contributed by atoms with Crippen LogP contribution in [0.4, 0.5) is 10.3 Å². The SMILES string of the molecule is CCOC(=O)Cc1csc(NC(=O)CN2CCc3nc(NC(=O)C4CCCO4)sc3C2)n1. The van der Waals surface area contributed by atoms with E-state index >= 15 is 0 Å². The summed E-state index contributed by atoms with van der Waals surface area (Å²) in [5, 5.41) is 8.44. The van der Waals surface area contributed by atoms with Crippen LogP contribution in [0.3, 0.4) is 0 Å². The fourth-order valence-corrected chi connectivity index (χ4v) is 5.35. The predicted molar refractivity (Wildman–Crippen MR) is 120 cm³/mol. The molecule has 0 spiro atoms. The third-order valence-electron chi connectivity index (χ3n) is 5.06. The van der Waals surface area contributed by atoms with Crippen LogP contribution in [0.25, 0.3) is 0 Å². The number of rotatable bonds is 8. The molecule has 0 bridgehead atoms. The third-order valence-corrected chi connectivity index (χ3v) is 6.86. The van der Waals surface area contributed by atoms with Gasteiger partial charge in [-0.2, -0.15) is 0 Å². The van der Waals surface area contributed by atoms with Gasteiger partial charge in [-0.25, -0.2) is 9.97 Å². The van der Waals surface area contributed by atoms with Gasteiger partial charge in [-0.1, -0.05) is 0 Å². The molecule has 2 amide bonds. The summed E-state index contributed by atoms with van der Waals surface area (Å²) in [4.78, 5) is 48.2. The molecule has 4 rings (SSSR count). The minimum atomic E-state index is -0.389. The van der Waals surface area contributed by atoms with Crippen LogP contribution >= 0.6 is 22.7 Å². The number of hydrogen-bond donors (Lipinski definition) is 2. The maximum atomic E-state index is 12.5. The van der Waals surface area contributed by atoms with Crippen molar-refractivity contribution >= 4 is 50.7 Å². The summed E-state index contributed by atoms with van der Waals surface area (Å²) in [6.07, 6.45) is 2.06. The lowest BCUT2D eigenvalue weighted by Crippen LogP contribution is -2.36. The first kappa shape index (κ1) is 22.8. The summed E-state index contributed by atoms with van der Waals surface area (Å²) in [5.74, 6) is -0.645. The Labute approximate surface area is 193 Å². The van der Waals surface area contributed by atoms with Crippen LogP contribution in [-0.2, 0) is 43.2 Å². The van der Waals surface area contributed by atoms with E-state index < -0.39 is 0 Å². The van der Waals surface area contributed by atoms with E-state index in [2.05, 4.69) is 20.6 Å². The van der Waals surface area contributed by atoms with E-state index in [-0.39, 0.29) is 36.9 Å². The average molecular weight is 480 g/mol. The quantitative estimate of drug-likeness (QED) is 0.550. The van der Waals surface area contributed by atoms with Crippen molar-refractivity contribution in [3.05, 3.63) is 21.6 Å². The largest absolute Gasteiger partial charge is 0.466 e. The molecule has 2 aliphatic rings. The second kappa shape index (κ2) is 10.5. The van der Waals surface area contributed by atoms with Crippen LogP contribution in [0.15, 0.2) is 5.38 Å². The molecular formula is C20H25N5O5S2. The van der Waals surface area contributed by atoms with Crippen LogP contribution in [0.2, 0.25) is 0 Å². The number of nitrogens with one attached hydrogen (secondary N) is 2. The highest BCUT2D eigenvalue weighted by molar-refractivity contribution is 7.16. The first-order valence-electron chi connectivity index (χ1n) is 10.5. The minimum absolute atomic E-state index is 0.0895. The Morgan fingerprint density at radius 3 is 2.94 bits per heavy atom. The van der Waals surface area contributed by atoms with Crippen LogP contribution in [0.1, 0.15) is 36.0 Å². The zero-order valence-corrected chi connectivity index (χ0v) is 19.4. The molecule has 0 aliphatic carbocycles. The number of carbonyl (C=O) groups excluding carboxylic acids is 3. The number of ether oxygens (including phenoxy) is 2. The number of aromatic nitrogens is 2. The van der Waals surface area contributed by atoms with Gasteiger partial charge in [0.05, 0.1) is 31.0 Å². The summed E-state index contributed by atoms with van der Waals surface area (Å²) in [7, 11) is 0. The summed E-state index contributed by atoms with van der Waals surface area (Å²) in [6.45, 7) is 4.23. The van der Waals surface area contributed by atoms with Gasteiger partial charge in [0.25, 0.3) is 5.91 Å². The van der Waals surface area contributed by atoms with Gasteiger partial charge in [-0.15, -0.1) is 22.7 Å². The Morgan fingerprint density at radius 2 is 2.16 bits per heavy atom. The van der Waals surface area contributed by atoms with E-state index in [1.165, 1.54) is 22.7 Å². The zero-order valence-electron chi connectivity index (χ0n) is 17.7. The molecule has 2 N–H and O–H groups in total. The number of fused-ring (bicyclic) bond motifs is 1. The van der Waals surface area contributed by atoms with E-state index in [4.69, 9.17) is 9.47 Å². The van der Waals surface area contributed by atoms with Gasteiger partial charge in [-0.05, 0) is 19.8 Å². The Morgan fingerprint density at radius 1 is 1.28 bits per heavy atom. The molecule has 1 atom stereocenters. The van der Waals surface area contributed by atoms with Crippen molar-refractivity contribution in [1.82, 2.24) is 14.9 Å². The van der Waals surface area contributed by atoms with Gasteiger partial charge >= 0.3 is 5.97 Å². The van der Waals surface area contributed by atoms with Gasteiger partial charge in [0.1, 0.15) is 6.10 Å². The van der Waals surface area contributed by atoms with Crippen molar-refractivity contribution in [2.24, 2.45) is 0 Å². The van der Waals surface area contributed by atoms with Crippen LogP contribution in [-0.4, -0.2) is 65.1 Å². The highest BCUT2D eigenvalue weighted by atomic mass is 32.1. The number of hydrogen-bond acceptors (Lipinski definition) is 10. The normalized spacial score (nSPS) is 18.2. The van der Waals surface area contributed by atoms with Gasteiger partial charge in [0.2, 0.25) is 5.91 Å². The maximum absolute atomic E-state index is 12.5. The van der Waals surface area contributed by atoms with Crippen molar-refractivity contribution in [2.45, 2.75) is 45.3 Å². The molecule has 0 radical (unpaired) electrons. The number of amides is 2. The fraction of sp³-hybridized carbons (Fsp3) is 0.550. The zero-order chi connectivity index (χ0) is 22.5. The fourth-order valence-electron chi connectivity index (χ4n) is 3.57. The summed E-state index contributed by atoms with van der Waals surface area (Å²) >= 11 is 2.72. The molecule has 2 aliphatic heterocycles. The standard InChI is InChI=1S/C20H25N5O5S2/c1-2-29-17(27)8-12-11-31-19(21-12)23-16(26)10-25-6-5-13-15(9-25)32-20(22-13)24-18(28)14-4-3-7-30-14/h11,14H,2-10H2,1H3,(H,21,23,26)(H,22,24,28). The lowest BCUT2D eigenvalue weighted by Gasteiger charge is -2.24. The van der Waals surface area contributed by atoms with Crippen molar-refractivity contribution in [1.29, 1.82) is 0 Å². The molecular weight excluding hydrogens is 454 g/mol. The molecule has 1 fully saturated rings. The molecule has 1 saturated heterocycles. The van der Waals surface area contributed by atoms with Gasteiger partial charge < -0.3 is 14.8 Å². The smallest absolute Gasteiger partial charge is 0.311 e. The molecule has 2 aromatic heterocycles. The van der Waals surface area contributed by atoms with Crippen LogP contribution in [0, 0.1) is 0 Å². The monoisotopic (exact) mass is 479 g/mol. The first-order chi connectivity index (χ1) is 15.5. The summed E-state index contributed by atoms with van der Waals surface area (Å²) < 4.78 is 10.3. The molecule has 12 heteroatoms. The molecule has 4 heterocycles. The van der Waals surface area contributed by atoms with Crippen molar-refractivity contribution in [3.8, 4) is 0 Å². The number of nitrogens with zero attached hydrogens (tertiary/aromatic N) is 3. The molecule has 10 nitrogen and oxygen atoms in total. The second-order valence-corrected chi connectivity index (χ2v) is 9.46. The lowest BCUT2D eigenvalue weighted by atomic mass is 10.2. The Bertz CT molecular complexity index is 985. The molecule has 0 aromatic carbocycles. The third kappa shape index (κ3) is 5.88. The highest BCUT2D eigenvalue weighted by Crippen LogP contribution is 2.29. The van der Waals surface area contributed by atoms with E-state index in [9.17, 15) is 14.4 Å². The minimum Gasteiger partial charge on any atom is -0.466 e. The van der Waals surface area contributed by atoms with E-state index in [1.54, 1.807) is 12.3 Å². The molecule has 2 aromatic rings. The predicted octanol–water partition coefficient (Wildman–Crippen LogP) is 1.82. The van der Waals surface area contributed by atoms with Crippen molar-refractivity contribution in [2.75, 3.05) is 36.9 Å². The second-order valence-electron chi connectivity index (χ2n) is 7.51. The Balaban J connectivity index is 1.26. The van der Waals surface area contributed by atoms with Gasteiger partial charge in [0.15, 0.2) is 10.3 Å². The van der Waals surface area contributed by atoms with Crippen LogP contribution in [0.5, 0.6) is 0 Å². The number of thiazole rings is 2. The van der Waals surface area contributed by atoms with Crippen molar-refractivity contribution in [3.63, 3.8) is 0 Å². The lowest BCUT2D eigenvalue weighted by molar-refractivity contribution is -0.142. The van der Waals surface area contributed by atoms with Crippen LogP contribution < -0.4 is 10.6 Å². The summed E-state index contributed by atoms with van der Waals surface area (Å²) in [6, 6.07) is 0. The number of anilines is 2. The summed E-state index contributed by atoms with van der Waals surface area (Å²) in [5.41, 5.74) is 1.55. The van der Waals surface area contributed by atoms with E-state index in [1.807, 2.05) is 4.90 Å². The Kier molecular flexibility index (Phi) is 7.45. The van der Waals surface area contributed by atoms with Gasteiger partial charge in [0, 0.05) is 36.4 Å². The van der Waals surface area contributed by atoms with Crippen molar-refractivity contribution < 1.29 is 23.9 Å². The van der Waals surface area contributed by atoms with Gasteiger partial charge in [-0.3, -0.25) is 24.6 Å². The topological polar surface area (TPSA) is 123 Å².